The van der Waals surface area contributed by atoms with Crippen LogP contribution in [0.15, 0.2) is 34.3 Å². The number of aliphatic hydroxyl groups is 1. The van der Waals surface area contributed by atoms with Crippen LogP contribution in [0, 0.1) is 5.82 Å². The Bertz CT molecular complexity index is 401. The number of halogens is 2. The number of benzene rings is 1. The van der Waals surface area contributed by atoms with Crippen LogP contribution in [0.1, 0.15) is 18.4 Å². The number of hydrogen-bond acceptors (Lipinski definition) is 1. The van der Waals surface area contributed by atoms with Gasteiger partial charge in [-0.05, 0) is 37.0 Å². The standard InChI is InChI=1S/C12H12BrFO/c13-10-3-2-9(12(14)7-10)5-8-1-4-11(15)6-8/h2-3,6-7,11,15H,1,4-5H2. The first-order valence-electron chi connectivity index (χ1n) is 4.97. The zero-order valence-corrected chi connectivity index (χ0v) is 9.80. The number of aliphatic hydroxyl groups excluding tert-OH is 1. The average molecular weight is 271 g/mol. The van der Waals surface area contributed by atoms with Gasteiger partial charge >= 0.3 is 0 Å². The van der Waals surface area contributed by atoms with Gasteiger partial charge in [-0.1, -0.05) is 33.6 Å². The Kier molecular flexibility index (Phi) is 3.22. The van der Waals surface area contributed by atoms with Gasteiger partial charge in [-0.25, -0.2) is 4.39 Å². The molecule has 80 valence electrons. The van der Waals surface area contributed by atoms with Gasteiger partial charge in [0.05, 0.1) is 6.10 Å². The molecule has 1 unspecified atom stereocenters. The van der Waals surface area contributed by atoms with E-state index in [-0.39, 0.29) is 11.9 Å². The molecule has 0 saturated carbocycles. The van der Waals surface area contributed by atoms with Crippen LogP contribution in [0.4, 0.5) is 4.39 Å². The van der Waals surface area contributed by atoms with Gasteiger partial charge in [0.2, 0.25) is 0 Å². The lowest BCUT2D eigenvalue weighted by Crippen LogP contribution is -1.93. The van der Waals surface area contributed by atoms with E-state index in [0.717, 1.165) is 22.9 Å². The van der Waals surface area contributed by atoms with Gasteiger partial charge in [0, 0.05) is 4.47 Å². The molecule has 0 saturated heterocycles. The molecule has 1 nitrogen and oxygen atoms in total. The first-order chi connectivity index (χ1) is 7.15. The van der Waals surface area contributed by atoms with Crippen LogP contribution in [0.3, 0.4) is 0 Å². The summed E-state index contributed by atoms with van der Waals surface area (Å²) < 4.78 is 14.2. The average Bonchev–Trinajstić information content (AvgIpc) is 2.56. The highest BCUT2D eigenvalue weighted by molar-refractivity contribution is 9.10. The summed E-state index contributed by atoms with van der Waals surface area (Å²) in [6, 6.07) is 5.09. The van der Waals surface area contributed by atoms with Crippen LogP contribution in [-0.4, -0.2) is 11.2 Å². The quantitative estimate of drug-likeness (QED) is 0.819. The smallest absolute Gasteiger partial charge is 0.127 e. The van der Waals surface area contributed by atoms with Crippen molar-refractivity contribution in [2.75, 3.05) is 0 Å². The van der Waals surface area contributed by atoms with E-state index < -0.39 is 0 Å². The molecule has 0 spiro atoms. The molecule has 1 aliphatic rings. The van der Waals surface area contributed by atoms with Crippen molar-refractivity contribution in [1.29, 1.82) is 0 Å². The summed E-state index contributed by atoms with van der Waals surface area (Å²) in [6.45, 7) is 0. The molecule has 1 N–H and O–H groups in total. The van der Waals surface area contributed by atoms with Crippen molar-refractivity contribution in [3.8, 4) is 0 Å². The van der Waals surface area contributed by atoms with Crippen LogP contribution in [-0.2, 0) is 6.42 Å². The molecule has 1 aliphatic carbocycles. The molecule has 0 fully saturated rings. The summed E-state index contributed by atoms with van der Waals surface area (Å²) in [5.74, 6) is -0.188. The molecule has 3 heteroatoms. The fourth-order valence-corrected chi connectivity index (χ4v) is 2.16. The van der Waals surface area contributed by atoms with Crippen molar-refractivity contribution >= 4 is 15.9 Å². The van der Waals surface area contributed by atoms with Crippen molar-refractivity contribution in [2.45, 2.75) is 25.4 Å². The lowest BCUT2D eigenvalue weighted by molar-refractivity contribution is 0.223. The first-order valence-corrected chi connectivity index (χ1v) is 5.76. The van der Waals surface area contributed by atoms with Gasteiger partial charge in [0.1, 0.15) is 5.82 Å². The number of allylic oxidation sites excluding steroid dienone is 1. The van der Waals surface area contributed by atoms with Gasteiger partial charge in [-0.15, -0.1) is 0 Å². The fraction of sp³-hybridized carbons (Fsp3) is 0.333. The summed E-state index contributed by atoms with van der Waals surface area (Å²) in [4.78, 5) is 0. The molecule has 0 heterocycles. The second kappa shape index (κ2) is 4.45. The molecular weight excluding hydrogens is 259 g/mol. The van der Waals surface area contributed by atoms with Crippen LogP contribution >= 0.6 is 15.9 Å². The van der Waals surface area contributed by atoms with E-state index in [1.165, 1.54) is 6.07 Å². The second-order valence-electron chi connectivity index (χ2n) is 3.84. The highest BCUT2D eigenvalue weighted by Crippen LogP contribution is 2.24. The third kappa shape index (κ3) is 2.67. The molecule has 0 aliphatic heterocycles. The summed E-state index contributed by atoms with van der Waals surface area (Å²) in [7, 11) is 0. The minimum atomic E-state index is -0.335. The predicted molar refractivity (Wildman–Crippen MR) is 61.1 cm³/mol. The highest BCUT2D eigenvalue weighted by atomic mass is 79.9. The van der Waals surface area contributed by atoms with Crippen molar-refractivity contribution in [3.63, 3.8) is 0 Å². The van der Waals surface area contributed by atoms with Gasteiger partial charge in [-0.3, -0.25) is 0 Å². The van der Waals surface area contributed by atoms with Crippen molar-refractivity contribution in [2.24, 2.45) is 0 Å². The number of rotatable bonds is 2. The van der Waals surface area contributed by atoms with E-state index in [4.69, 9.17) is 0 Å². The maximum Gasteiger partial charge on any atom is 0.127 e. The second-order valence-corrected chi connectivity index (χ2v) is 4.76. The molecule has 2 rings (SSSR count). The van der Waals surface area contributed by atoms with E-state index >= 15 is 0 Å². The lowest BCUT2D eigenvalue weighted by Gasteiger charge is -2.04. The highest BCUT2D eigenvalue weighted by Gasteiger charge is 2.14. The summed E-state index contributed by atoms with van der Waals surface area (Å²) in [6.07, 6.45) is 3.75. The Balaban J connectivity index is 2.14. The minimum Gasteiger partial charge on any atom is -0.389 e. The topological polar surface area (TPSA) is 20.2 Å². The van der Waals surface area contributed by atoms with Gasteiger partial charge in [-0.2, -0.15) is 0 Å². The van der Waals surface area contributed by atoms with Crippen LogP contribution in [0.25, 0.3) is 0 Å². The van der Waals surface area contributed by atoms with Crippen LogP contribution in [0.2, 0.25) is 0 Å². The molecule has 15 heavy (non-hydrogen) atoms. The number of hydrogen-bond donors (Lipinski definition) is 1. The predicted octanol–water partition coefficient (Wildman–Crippen LogP) is 3.21. The zero-order valence-electron chi connectivity index (χ0n) is 8.21. The third-order valence-electron chi connectivity index (χ3n) is 2.62. The molecule has 0 amide bonds. The molecule has 1 aromatic rings. The van der Waals surface area contributed by atoms with Crippen molar-refractivity contribution in [3.05, 3.63) is 45.7 Å². The van der Waals surface area contributed by atoms with Gasteiger partial charge in [0.25, 0.3) is 0 Å². The zero-order chi connectivity index (χ0) is 10.8. The van der Waals surface area contributed by atoms with Crippen LogP contribution < -0.4 is 0 Å². The minimum absolute atomic E-state index is 0.188. The Morgan fingerprint density at radius 1 is 1.47 bits per heavy atom. The van der Waals surface area contributed by atoms with E-state index in [1.54, 1.807) is 6.07 Å². The van der Waals surface area contributed by atoms with Crippen molar-refractivity contribution < 1.29 is 9.50 Å². The SMILES string of the molecule is OC1C=C(Cc2ccc(Br)cc2F)CC1. The molecule has 0 radical (unpaired) electrons. The lowest BCUT2D eigenvalue weighted by atomic mass is 10.0. The van der Waals surface area contributed by atoms with E-state index in [9.17, 15) is 9.50 Å². The maximum atomic E-state index is 13.5. The Hall–Kier alpha value is -0.670. The first kappa shape index (κ1) is 10.8. The van der Waals surface area contributed by atoms with E-state index in [0.29, 0.717) is 12.0 Å². The Morgan fingerprint density at radius 2 is 2.27 bits per heavy atom. The Labute approximate surface area is 96.8 Å². The summed E-state index contributed by atoms with van der Waals surface area (Å²) >= 11 is 3.22. The monoisotopic (exact) mass is 270 g/mol. The van der Waals surface area contributed by atoms with E-state index in [1.807, 2.05) is 12.1 Å². The molecule has 1 atom stereocenters. The van der Waals surface area contributed by atoms with E-state index in [2.05, 4.69) is 15.9 Å². The maximum absolute atomic E-state index is 13.5. The van der Waals surface area contributed by atoms with Gasteiger partial charge in [0.15, 0.2) is 0 Å². The van der Waals surface area contributed by atoms with Crippen LogP contribution in [0.5, 0.6) is 0 Å². The van der Waals surface area contributed by atoms with Gasteiger partial charge < -0.3 is 5.11 Å². The third-order valence-corrected chi connectivity index (χ3v) is 3.12. The Morgan fingerprint density at radius 3 is 2.87 bits per heavy atom. The van der Waals surface area contributed by atoms with Crippen molar-refractivity contribution in [1.82, 2.24) is 0 Å². The summed E-state index contributed by atoms with van der Waals surface area (Å²) in [5, 5.41) is 9.31. The fourth-order valence-electron chi connectivity index (χ4n) is 1.83. The summed E-state index contributed by atoms with van der Waals surface area (Å²) in [5.41, 5.74) is 1.82. The molecule has 0 bridgehead atoms. The molecule has 0 aromatic heterocycles. The largest absolute Gasteiger partial charge is 0.389 e. The molecular formula is C12H12BrFO. The normalized spacial score (nSPS) is 20.5. The molecule has 1 aromatic carbocycles.